The molecule has 1 atom stereocenters. The number of aryl methyl sites for hydroxylation is 1. The molecule has 1 heterocycles. The Morgan fingerprint density at radius 3 is 2.35 bits per heavy atom. The lowest BCUT2D eigenvalue weighted by Gasteiger charge is -2.12. The molecule has 0 aliphatic carbocycles. The Hall–Kier alpha value is -1.12. The largest absolute Gasteiger partial charge is 0.383 e. The molecule has 0 spiro atoms. The molecule has 0 saturated carbocycles. The highest BCUT2D eigenvalue weighted by Gasteiger charge is 2.13. The van der Waals surface area contributed by atoms with Crippen LogP contribution in [0.4, 0.5) is 0 Å². The number of benzene rings is 1. The van der Waals surface area contributed by atoms with E-state index >= 15 is 0 Å². The van der Waals surface area contributed by atoms with E-state index in [0.29, 0.717) is 5.92 Å². The molecule has 0 bridgehead atoms. The smallest absolute Gasteiger partial charge is 0.113 e. The van der Waals surface area contributed by atoms with Crippen LogP contribution in [0, 0.1) is 6.92 Å². The average Bonchev–Trinajstić information content (AvgIpc) is 2.75. The summed E-state index contributed by atoms with van der Waals surface area (Å²) < 4.78 is 0. The van der Waals surface area contributed by atoms with Crippen LogP contribution in [0.15, 0.2) is 36.4 Å². The number of aliphatic hydroxyl groups is 1. The molecule has 0 aliphatic heterocycles. The number of aliphatic hydroxyl groups excluding tert-OH is 1. The van der Waals surface area contributed by atoms with Gasteiger partial charge in [0, 0.05) is 9.75 Å². The van der Waals surface area contributed by atoms with Gasteiger partial charge in [-0.25, -0.2) is 0 Å². The Labute approximate surface area is 107 Å². The summed E-state index contributed by atoms with van der Waals surface area (Å²) in [6.07, 6.45) is -0.493. The molecule has 90 valence electrons. The first kappa shape index (κ1) is 12.3. The Bertz CT molecular complexity index is 499. The number of rotatable bonds is 3. The zero-order chi connectivity index (χ0) is 12.4. The van der Waals surface area contributed by atoms with Gasteiger partial charge in [-0.15, -0.1) is 11.3 Å². The topological polar surface area (TPSA) is 20.2 Å². The monoisotopic (exact) mass is 246 g/mol. The number of hydrogen-bond acceptors (Lipinski definition) is 2. The van der Waals surface area contributed by atoms with Crippen molar-refractivity contribution in [3.8, 4) is 0 Å². The quantitative estimate of drug-likeness (QED) is 0.858. The first-order valence-electron chi connectivity index (χ1n) is 5.92. The lowest BCUT2D eigenvalue weighted by molar-refractivity contribution is 0.224. The van der Waals surface area contributed by atoms with Gasteiger partial charge < -0.3 is 5.11 Å². The maximum Gasteiger partial charge on any atom is 0.113 e. The third-order valence-electron chi connectivity index (χ3n) is 2.92. The lowest BCUT2D eigenvalue weighted by atomic mass is 9.98. The van der Waals surface area contributed by atoms with Crippen molar-refractivity contribution < 1.29 is 5.11 Å². The summed E-state index contributed by atoms with van der Waals surface area (Å²) >= 11 is 1.65. The minimum atomic E-state index is -0.493. The van der Waals surface area contributed by atoms with Crippen LogP contribution in [0.25, 0.3) is 0 Å². The zero-order valence-electron chi connectivity index (χ0n) is 10.5. The first-order chi connectivity index (χ1) is 8.08. The van der Waals surface area contributed by atoms with Crippen molar-refractivity contribution in [1.82, 2.24) is 0 Å². The zero-order valence-corrected chi connectivity index (χ0v) is 11.3. The van der Waals surface area contributed by atoms with E-state index in [9.17, 15) is 5.11 Å². The molecule has 2 aromatic rings. The van der Waals surface area contributed by atoms with Crippen LogP contribution in [0.2, 0.25) is 0 Å². The van der Waals surface area contributed by atoms with Gasteiger partial charge >= 0.3 is 0 Å². The summed E-state index contributed by atoms with van der Waals surface area (Å²) in [6.45, 7) is 6.40. The SMILES string of the molecule is Cc1ccc([C@H](O)c2cccc(C(C)C)c2)s1. The van der Waals surface area contributed by atoms with Crippen LogP contribution in [0.3, 0.4) is 0 Å². The first-order valence-corrected chi connectivity index (χ1v) is 6.74. The highest BCUT2D eigenvalue weighted by molar-refractivity contribution is 7.12. The number of thiophene rings is 1. The van der Waals surface area contributed by atoms with Crippen molar-refractivity contribution in [2.45, 2.75) is 32.8 Å². The van der Waals surface area contributed by atoms with E-state index in [1.165, 1.54) is 10.4 Å². The molecule has 1 nitrogen and oxygen atoms in total. The third kappa shape index (κ3) is 2.76. The lowest BCUT2D eigenvalue weighted by Crippen LogP contribution is -1.98. The van der Waals surface area contributed by atoms with Gasteiger partial charge in [0.15, 0.2) is 0 Å². The van der Waals surface area contributed by atoms with Crippen LogP contribution in [0.5, 0.6) is 0 Å². The molecular formula is C15H18OS. The van der Waals surface area contributed by atoms with E-state index in [1.54, 1.807) is 11.3 Å². The molecule has 0 radical (unpaired) electrons. The van der Waals surface area contributed by atoms with Crippen LogP contribution in [-0.2, 0) is 0 Å². The van der Waals surface area contributed by atoms with Crippen molar-refractivity contribution in [2.24, 2.45) is 0 Å². The van der Waals surface area contributed by atoms with Crippen molar-refractivity contribution in [3.63, 3.8) is 0 Å². The Morgan fingerprint density at radius 2 is 1.76 bits per heavy atom. The van der Waals surface area contributed by atoms with Crippen molar-refractivity contribution in [1.29, 1.82) is 0 Å². The summed E-state index contributed by atoms with van der Waals surface area (Å²) in [6, 6.07) is 12.3. The van der Waals surface area contributed by atoms with Gasteiger partial charge in [-0.05, 0) is 36.1 Å². The molecule has 2 heteroatoms. The fourth-order valence-electron chi connectivity index (χ4n) is 1.85. The molecule has 0 amide bonds. The normalized spacial score (nSPS) is 13.0. The number of hydrogen-bond donors (Lipinski definition) is 1. The molecule has 17 heavy (non-hydrogen) atoms. The molecular weight excluding hydrogens is 228 g/mol. The van der Waals surface area contributed by atoms with E-state index in [4.69, 9.17) is 0 Å². The molecule has 1 aromatic carbocycles. The van der Waals surface area contributed by atoms with Crippen LogP contribution < -0.4 is 0 Å². The van der Waals surface area contributed by atoms with E-state index in [1.807, 2.05) is 18.2 Å². The minimum Gasteiger partial charge on any atom is -0.383 e. The van der Waals surface area contributed by atoms with Gasteiger partial charge in [0.25, 0.3) is 0 Å². The van der Waals surface area contributed by atoms with Gasteiger partial charge in [0.2, 0.25) is 0 Å². The van der Waals surface area contributed by atoms with Crippen molar-refractivity contribution >= 4 is 11.3 Å². The summed E-state index contributed by atoms with van der Waals surface area (Å²) in [5.41, 5.74) is 2.26. The summed E-state index contributed by atoms with van der Waals surface area (Å²) in [5, 5.41) is 10.3. The van der Waals surface area contributed by atoms with Gasteiger partial charge in [0.1, 0.15) is 6.10 Å². The Morgan fingerprint density at radius 1 is 1.06 bits per heavy atom. The Kier molecular flexibility index (Phi) is 3.65. The van der Waals surface area contributed by atoms with Crippen LogP contribution >= 0.6 is 11.3 Å². The van der Waals surface area contributed by atoms with E-state index in [0.717, 1.165) is 10.4 Å². The second kappa shape index (κ2) is 5.03. The van der Waals surface area contributed by atoms with Gasteiger partial charge in [-0.3, -0.25) is 0 Å². The molecule has 1 N–H and O–H groups in total. The predicted molar refractivity (Wildman–Crippen MR) is 73.6 cm³/mol. The van der Waals surface area contributed by atoms with Crippen molar-refractivity contribution in [2.75, 3.05) is 0 Å². The highest BCUT2D eigenvalue weighted by atomic mass is 32.1. The fraction of sp³-hybridized carbons (Fsp3) is 0.333. The van der Waals surface area contributed by atoms with Crippen LogP contribution in [0.1, 0.15) is 46.8 Å². The third-order valence-corrected chi connectivity index (χ3v) is 3.98. The molecule has 0 saturated heterocycles. The fourth-order valence-corrected chi connectivity index (χ4v) is 2.74. The molecule has 0 fully saturated rings. The average molecular weight is 246 g/mol. The summed E-state index contributed by atoms with van der Waals surface area (Å²) in [7, 11) is 0. The highest BCUT2D eigenvalue weighted by Crippen LogP contribution is 2.29. The van der Waals surface area contributed by atoms with Gasteiger partial charge in [-0.2, -0.15) is 0 Å². The second-order valence-electron chi connectivity index (χ2n) is 4.68. The molecule has 0 aliphatic rings. The van der Waals surface area contributed by atoms with Gasteiger partial charge in [0.05, 0.1) is 0 Å². The Balaban J connectivity index is 2.30. The maximum atomic E-state index is 10.3. The minimum absolute atomic E-state index is 0.493. The summed E-state index contributed by atoms with van der Waals surface area (Å²) in [4.78, 5) is 2.25. The van der Waals surface area contributed by atoms with E-state index in [2.05, 4.69) is 39.0 Å². The van der Waals surface area contributed by atoms with Gasteiger partial charge in [-0.1, -0.05) is 38.1 Å². The van der Waals surface area contributed by atoms with Crippen molar-refractivity contribution in [3.05, 3.63) is 57.3 Å². The predicted octanol–water partition coefficient (Wildman–Crippen LogP) is 4.26. The van der Waals surface area contributed by atoms with E-state index in [-0.39, 0.29) is 0 Å². The maximum absolute atomic E-state index is 10.3. The summed E-state index contributed by atoms with van der Waals surface area (Å²) in [5.74, 6) is 0.493. The molecule has 0 unspecified atom stereocenters. The molecule has 1 aromatic heterocycles. The molecule has 2 rings (SSSR count). The standard InChI is InChI=1S/C15H18OS/c1-10(2)12-5-4-6-13(9-12)15(16)14-8-7-11(3)17-14/h4-10,15-16H,1-3H3/t15-/m1/s1. The van der Waals surface area contributed by atoms with Crippen LogP contribution in [-0.4, -0.2) is 5.11 Å². The van der Waals surface area contributed by atoms with E-state index < -0.39 is 6.10 Å². The second-order valence-corrected chi connectivity index (χ2v) is 6.00.